The maximum atomic E-state index is 10.6. The highest BCUT2D eigenvalue weighted by Crippen LogP contribution is 2.35. The Morgan fingerprint density at radius 2 is 1.86 bits per heavy atom. The lowest BCUT2D eigenvalue weighted by Gasteiger charge is -2.06. The number of phenols is 1. The summed E-state index contributed by atoms with van der Waals surface area (Å²) in [6.07, 6.45) is 0. The summed E-state index contributed by atoms with van der Waals surface area (Å²) in [6.45, 7) is 1.75. The smallest absolute Gasteiger partial charge is 0.269 e. The third kappa shape index (κ3) is 3.33. The number of aromatic hydroxyl groups is 1. The predicted molar refractivity (Wildman–Crippen MR) is 76.7 cm³/mol. The third-order valence-corrected chi connectivity index (χ3v) is 2.83. The van der Waals surface area contributed by atoms with Crippen LogP contribution in [0, 0.1) is 17.0 Å². The van der Waals surface area contributed by atoms with Crippen molar-refractivity contribution in [3.05, 3.63) is 52.1 Å². The Balaban J connectivity index is 2.28. The molecule has 0 radical (unpaired) electrons. The first-order valence-electron chi connectivity index (χ1n) is 6.05. The number of non-ortho nitro benzene ring substituents is 1. The number of methoxy groups -OCH3 is 1. The first-order chi connectivity index (χ1) is 10.0. The molecule has 1 N–H and O–H groups in total. The van der Waals surface area contributed by atoms with Crippen LogP contribution in [0.2, 0.25) is 0 Å². The Hall–Kier alpha value is -2.96. The molecule has 0 aromatic heterocycles. The second-order valence-electron chi connectivity index (χ2n) is 4.28. The molecule has 0 aliphatic heterocycles. The second-order valence-corrected chi connectivity index (χ2v) is 4.28. The maximum absolute atomic E-state index is 10.6. The minimum absolute atomic E-state index is 0.0143. The Labute approximate surface area is 120 Å². The van der Waals surface area contributed by atoms with Gasteiger partial charge in [0.1, 0.15) is 17.2 Å². The number of phenolic OH excluding ortho intramolecular Hbond substituents is 1. The van der Waals surface area contributed by atoms with Gasteiger partial charge in [-0.15, -0.1) is 5.11 Å². The van der Waals surface area contributed by atoms with Crippen molar-refractivity contribution in [3.63, 3.8) is 0 Å². The van der Waals surface area contributed by atoms with Crippen LogP contribution in [0.15, 0.2) is 46.6 Å². The lowest BCUT2D eigenvalue weighted by molar-refractivity contribution is -0.384. The van der Waals surface area contributed by atoms with Crippen LogP contribution >= 0.6 is 0 Å². The van der Waals surface area contributed by atoms with Gasteiger partial charge >= 0.3 is 0 Å². The van der Waals surface area contributed by atoms with E-state index in [1.54, 1.807) is 13.0 Å². The molecule has 7 heteroatoms. The van der Waals surface area contributed by atoms with E-state index in [2.05, 4.69) is 10.2 Å². The highest BCUT2D eigenvalue weighted by atomic mass is 16.6. The van der Waals surface area contributed by atoms with E-state index in [1.807, 2.05) is 0 Å². The van der Waals surface area contributed by atoms with Gasteiger partial charge < -0.3 is 9.84 Å². The van der Waals surface area contributed by atoms with E-state index in [9.17, 15) is 15.2 Å². The lowest BCUT2D eigenvalue weighted by Crippen LogP contribution is -1.86. The van der Waals surface area contributed by atoms with Crippen molar-refractivity contribution in [1.29, 1.82) is 0 Å². The van der Waals surface area contributed by atoms with E-state index in [0.717, 1.165) is 0 Å². The maximum Gasteiger partial charge on any atom is 0.269 e. The van der Waals surface area contributed by atoms with Crippen LogP contribution in [-0.4, -0.2) is 17.1 Å². The summed E-state index contributed by atoms with van der Waals surface area (Å²) < 4.78 is 5.17. The summed E-state index contributed by atoms with van der Waals surface area (Å²) in [5.41, 5.74) is 1.49. The van der Waals surface area contributed by atoms with Gasteiger partial charge in [0, 0.05) is 18.2 Å². The zero-order valence-corrected chi connectivity index (χ0v) is 11.5. The van der Waals surface area contributed by atoms with E-state index in [0.29, 0.717) is 22.7 Å². The molecule has 0 saturated carbocycles. The van der Waals surface area contributed by atoms with Crippen LogP contribution in [0.4, 0.5) is 17.1 Å². The topological polar surface area (TPSA) is 97.3 Å². The van der Waals surface area contributed by atoms with Crippen molar-refractivity contribution in [2.75, 3.05) is 7.11 Å². The number of benzene rings is 2. The number of rotatable bonds is 4. The Bertz CT molecular complexity index is 696. The van der Waals surface area contributed by atoms with Crippen molar-refractivity contribution < 1.29 is 14.8 Å². The van der Waals surface area contributed by atoms with Crippen LogP contribution in [0.3, 0.4) is 0 Å². The predicted octanol–water partition coefficient (Wildman–Crippen LogP) is 4.03. The molecule has 21 heavy (non-hydrogen) atoms. The van der Waals surface area contributed by atoms with Crippen molar-refractivity contribution in [2.24, 2.45) is 10.2 Å². The van der Waals surface area contributed by atoms with Gasteiger partial charge in [0.2, 0.25) is 0 Å². The summed E-state index contributed by atoms with van der Waals surface area (Å²) in [7, 11) is 1.50. The zero-order valence-electron chi connectivity index (χ0n) is 11.5. The standard InChI is InChI=1S/C14H13N3O4/c1-9-7-14(21-2)12(8-13(9)18)16-15-10-3-5-11(6-4-10)17(19)20/h3-8,18H,1-2H3/b16-15+. The molecule has 0 saturated heterocycles. The molecule has 2 rings (SSSR count). The number of ether oxygens (including phenoxy) is 1. The fraction of sp³-hybridized carbons (Fsp3) is 0.143. The van der Waals surface area contributed by atoms with Crippen LogP contribution in [0.5, 0.6) is 11.5 Å². The number of aryl methyl sites for hydroxylation is 1. The minimum Gasteiger partial charge on any atom is -0.508 e. The quantitative estimate of drug-likeness (QED) is 0.521. The number of azo groups is 1. The van der Waals surface area contributed by atoms with E-state index in [1.165, 1.54) is 37.4 Å². The monoisotopic (exact) mass is 287 g/mol. The molecule has 0 amide bonds. The average Bonchev–Trinajstić information content (AvgIpc) is 2.48. The molecule has 0 aliphatic rings. The molecule has 0 heterocycles. The average molecular weight is 287 g/mol. The molecular weight excluding hydrogens is 274 g/mol. The molecule has 2 aromatic rings. The van der Waals surface area contributed by atoms with E-state index < -0.39 is 4.92 Å². The minimum atomic E-state index is -0.484. The Kier molecular flexibility index (Phi) is 4.13. The largest absolute Gasteiger partial charge is 0.508 e. The number of hydrogen-bond donors (Lipinski definition) is 1. The SMILES string of the molecule is COc1cc(C)c(O)cc1/N=N/c1ccc([N+](=O)[O-])cc1. The number of hydrogen-bond acceptors (Lipinski definition) is 6. The zero-order chi connectivity index (χ0) is 15.4. The van der Waals surface area contributed by atoms with Gasteiger partial charge in [-0.25, -0.2) is 0 Å². The van der Waals surface area contributed by atoms with Crippen LogP contribution in [0.1, 0.15) is 5.56 Å². The highest BCUT2D eigenvalue weighted by molar-refractivity contribution is 5.58. The summed E-state index contributed by atoms with van der Waals surface area (Å²) in [6, 6.07) is 8.77. The summed E-state index contributed by atoms with van der Waals surface area (Å²) in [4.78, 5) is 10.1. The number of nitrogens with zero attached hydrogens (tertiary/aromatic N) is 3. The van der Waals surface area contributed by atoms with Gasteiger partial charge in [-0.05, 0) is 30.7 Å². The van der Waals surface area contributed by atoms with Crippen LogP contribution in [0.25, 0.3) is 0 Å². The molecule has 0 unspecified atom stereocenters. The van der Waals surface area contributed by atoms with E-state index in [-0.39, 0.29) is 11.4 Å². The number of nitro benzene ring substituents is 1. The fourth-order valence-corrected chi connectivity index (χ4v) is 1.65. The molecule has 0 atom stereocenters. The Morgan fingerprint density at radius 1 is 1.19 bits per heavy atom. The van der Waals surface area contributed by atoms with Gasteiger partial charge in [0.25, 0.3) is 5.69 Å². The first kappa shape index (κ1) is 14.4. The summed E-state index contributed by atoms with van der Waals surface area (Å²) in [5.74, 6) is 0.574. The van der Waals surface area contributed by atoms with Crippen molar-refractivity contribution in [3.8, 4) is 11.5 Å². The third-order valence-electron chi connectivity index (χ3n) is 2.83. The van der Waals surface area contributed by atoms with Gasteiger partial charge in [-0.3, -0.25) is 10.1 Å². The molecule has 2 aromatic carbocycles. The highest BCUT2D eigenvalue weighted by Gasteiger charge is 2.07. The molecule has 108 valence electrons. The van der Waals surface area contributed by atoms with Gasteiger partial charge in [0.15, 0.2) is 0 Å². The molecule has 0 fully saturated rings. The molecule has 0 spiro atoms. The Morgan fingerprint density at radius 3 is 2.43 bits per heavy atom. The normalized spacial score (nSPS) is 10.8. The first-order valence-corrected chi connectivity index (χ1v) is 6.05. The second kappa shape index (κ2) is 6.00. The lowest BCUT2D eigenvalue weighted by atomic mass is 10.2. The van der Waals surface area contributed by atoms with E-state index in [4.69, 9.17) is 4.74 Å². The van der Waals surface area contributed by atoms with Crippen molar-refractivity contribution in [2.45, 2.75) is 6.92 Å². The van der Waals surface area contributed by atoms with Crippen LogP contribution in [-0.2, 0) is 0 Å². The van der Waals surface area contributed by atoms with Gasteiger partial charge in [-0.2, -0.15) is 5.11 Å². The van der Waals surface area contributed by atoms with Gasteiger partial charge in [-0.1, -0.05) is 0 Å². The van der Waals surface area contributed by atoms with Crippen molar-refractivity contribution in [1.82, 2.24) is 0 Å². The molecule has 7 nitrogen and oxygen atoms in total. The summed E-state index contributed by atoms with van der Waals surface area (Å²) >= 11 is 0. The van der Waals surface area contributed by atoms with Crippen molar-refractivity contribution >= 4 is 17.1 Å². The molecule has 0 aliphatic carbocycles. The molecule has 0 bridgehead atoms. The molecular formula is C14H13N3O4. The van der Waals surface area contributed by atoms with Gasteiger partial charge in [0.05, 0.1) is 17.7 Å². The number of nitro groups is 1. The fourth-order valence-electron chi connectivity index (χ4n) is 1.65. The van der Waals surface area contributed by atoms with E-state index >= 15 is 0 Å². The summed E-state index contributed by atoms with van der Waals surface area (Å²) in [5, 5.41) is 28.2. The van der Waals surface area contributed by atoms with Crippen LogP contribution < -0.4 is 4.74 Å².